The second-order valence-corrected chi connectivity index (χ2v) is 7.09. The molecule has 1 saturated carbocycles. The monoisotopic (exact) mass is 408 g/mol. The summed E-state index contributed by atoms with van der Waals surface area (Å²) in [5.41, 5.74) is 3.10. The van der Waals surface area contributed by atoms with Gasteiger partial charge in [-0.1, -0.05) is 23.4 Å². The largest absolute Gasteiger partial charge is 0.385 e. The van der Waals surface area contributed by atoms with E-state index in [0.29, 0.717) is 22.6 Å². The molecule has 1 aliphatic rings. The third-order valence-electron chi connectivity index (χ3n) is 4.34. The summed E-state index contributed by atoms with van der Waals surface area (Å²) in [5, 5.41) is 12.2. The molecule has 2 aromatic carbocycles. The fraction of sp³-hybridized carbons (Fsp3) is 0.273. The Balaban J connectivity index is 1.49. The summed E-state index contributed by atoms with van der Waals surface area (Å²) in [6.07, 6.45) is 2.03. The summed E-state index contributed by atoms with van der Waals surface area (Å²) in [6.45, 7) is 2.94. The second kappa shape index (κ2) is 9.69. The van der Waals surface area contributed by atoms with Crippen LogP contribution in [-0.2, 0) is 14.4 Å². The molecule has 0 bridgehead atoms. The average Bonchev–Trinajstić information content (AvgIpc) is 3.52. The molecule has 0 aromatic heterocycles. The Kier molecular flexibility index (Phi) is 6.79. The van der Waals surface area contributed by atoms with Crippen molar-refractivity contribution in [1.29, 1.82) is 0 Å². The molecule has 2 aromatic rings. The van der Waals surface area contributed by atoms with Crippen LogP contribution in [0.3, 0.4) is 0 Å². The highest BCUT2D eigenvalue weighted by molar-refractivity contribution is 5.99. The van der Waals surface area contributed by atoms with Crippen molar-refractivity contribution < 1.29 is 19.2 Å². The van der Waals surface area contributed by atoms with E-state index in [-0.39, 0.29) is 30.4 Å². The Bertz CT molecular complexity index is 965. The number of oxime groups is 1. The average molecular weight is 408 g/mol. The van der Waals surface area contributed by atoms with E-state index in [2.05, 4.69) is 21.1 Å². The zero-order valence-electron chi connectivity index (χ0n) is 16.9. The van der Waals surface area contributed by atoms with E-state index < -0.39 is 0 Å². The minimum Gasteiger partial charge on any atom is -0.385 e. The number of benzene rings is 2. The summed E-state index contributed by atoms with van der Waals surface area (Å²) >= 11 is 0. The lowest BCUT2D eigenvalue weighted by molar-refractivity contribution is -0.120. The first-order chi connectivity index (χ1) is 14.4. The smallest absolute Gasteiger partial charge is 0.265 e. The molecule has 0 heterocycles. The fourth-order valence-electron chi connectivity index (χ4n) is 2.67. The van der Waals surface area contributed by atoms with Crippen LogP contribution in [0.15, 0.2) is 53.7 Å². The molecule has 3 rings (SSSR count). The summed E-state index contributed by atoms with van der Waals surface area (Å²) in [5.74, 6) is -0.668. The van der Waals surface area contributed by atoms with Crippen LogP contribution in [0.5, 0.6) is 0 Å². The zero-order valence-corrected chi connectivity index (χ0v) is 16.9. The van der Waals surface area contributed by atoms with Gasteiger partial charge in [0.05, 0.1) is 5.71 Å². The maximum Gasteiger partial charge on any atom is 0.265 e. The van der Waals surface area contributed by atoms with Crippen molar-refractivity contribution in [1.82, 2.24) is 5.32 Å². The molecular formula is C22H24N4O4. The van der Waals surface area contributed by atoms with Gasteiger partial charge < -0.3 is 20.8 Å². The van der Waals surface area contributed by atoms with Gasteiger partial charge in [0.1, 0.15) is 0 Å². The highest BCUT2D eigenvalue weighted by Crippen LogP contribution is 2.20. The molecule has 1 aliphatic carbocycles. The molecule has 0 aliphatic heterocycles. The first kappa shape index (κ1) is 21.0. The molecule has 8 nitrogen and oxygen atoms in total. The Morgan fingerprint density at radius 3 is 2.37 bits per heavy atom. The first-order valence-electron chi connectivity index (χ1n) is 9.66. The molecule has 3 amide bonds. The fourth-order valence-corrected chi connectivity index (χ4v) is 2.67. The maximum atomic E-state index is 12.1. The van der Waals surface area contributed by atoms with Crippen molar-refractivity contribution in [3.63, 3.8) is 0 Å². The van der Waals surface area contributed by atoms with Gasteiger partial charge >= 0.3 is 0 Å². The number of hydrogen-bond donors (Lipinski definition) is 3. The van der Waals surface area contributed by atoms with Gasteiger partial charge in [0.25, 0.3) is 11.8 Å². The number of rotatable bonds is 8. The SMILES string of the molecule is CC(=O)Nc1ccc(C(C)=NOCC(=O)Nc2cccc(C(=O)NC3CC3)c2)cc1. The van der Waals surface area contributed by atoms with Gasteiger partial charge in [-0.2, -0.15) is 0 Å². The van der Waals surface area contributed by atoms with Gasteiger partial charge in [0, 0.05) is 29.9 Å². The highest BCUT2D eigenvalue weighted by atomic mass is 16.6. The molecular weight excluding hydrogens is 384 g/mol. The third kappa shape index (κ3) is 6.44. The van der Waals surface area contributed by atoms with Crippen LogP contribution in [0.4, 0.5) is 11.4 Å². The lowest BCUT2D eigenvalue weighted by Gasteiger charge is -2.08. The molecule has 0 radical (unpaired) electrons. The van der Waals surface area contributed by atoms with Gasteiger partial charge in [0.15, 0.2) is 6.61 Å². The molecule has 3 N–H and O–H groups in total. The molecule has 30 heavy (non-hydrogen) atoms. The molecule has 8 heteroatoms. The number of nitrogens with zero attached hydrogens (tertiary/aromatic N) is 1. The van der Waals surface area contributed by atoms with Crippen molar-refractivity contribution in [3.05, 3.63) is 59.7 Å². The Labute approximate surface area is 174 Å². The standard InChI is InChI=1S/C22H24N4O4/c1-14(16-6-8-18(9-7-16)23-15(2)27)26-30-13-21(28)24-20-5-3-4-17(12-20)22(29)25-19-10-11-19/h3-9,12,19H,10-11,13H2,1-2H3,(H,23,27)(H,24,28)(H,25,29). The molecule has 0 atom stereocenters. The lowest BCUT2D eigenvalue weighted by Crippen LogP contribution is -2.25. The number of nitrogens with one attached hydrogen (secondary N) is 3. The minimum atomic E-state index is -0.382. The van der Waals surface area contributed by atoms with Crippen molar-refractivity contribution >= 4 is 34.8 Å². The van der Waals surface area contributed by atoms with Crippen molar-refractivity contribution in [2.24, 2.45) is 5.16 Å². The lowest BCUT2D eigenvalue weighted by atomic mass is 10.1. The minimum absolute atomic E-state index is 0.142. The molecule has 0 unspecified atom stereocenters. The quantitative estimate of drug-likeness (QED) is 0.461. The predicted molar refractivity (Wildman–Crippen MR) is 114 cm³/mol. The molecule has 0 spiro atoms. The van der Waals surface area contributed by atoms with E-state index in [1.807, 2.05) is 0 Å². The molecule has 1 fully saturated rings. The summed E-state index contributed by atoms with van der Waals surface area (Å²) in [7, 11) is 0. The van der Waals surface area contributed by atoms with Crippen LogP contribution in [0.1, 0.15) is 42.6 Å². The van der Waals surface area contributed by atoms with Crippen LogP contribution in [-0.4, -0.2) is 36.1 Å². The van der Waals surface area contributed by atoms with Gasteiger partial charge in [-0.3, -0.25) is 14.4 Å². The van der Waals surface area contributed by atoms with Gasteiger partial charge in [-0.15, -0.1) is 0 Å². The number of amides is 3. The van der Waals surface area contributed by atoms with Crippen LogP contribution in [0, 0.1) is 0 Å². The first-order valence-corrected chi connectivity index (χ1v) is 9.66. The number of hydrogen-bond acceptors (Lipinski definition) is 5. The topological polar surface area (TPSA) is 109 Å². The Hall–Kier alpha value is -3.68. The highest BCUT2D eigenvalue weighted by Gasteiger charge is 2.23. The molecule has 0 saturated heterocycles. The van der Waals surface area contributed by atoms with Gasteiger partial charge in [-0.25, -0.2) is 0 Å². The number of anilines is 2. The maximum absolute atomic E-state index is 12.1. The van der Waals surface area contributed by atoms with E-state index in [1.54, 1.807) is 55.5 Å². The van der Waals surface area contributed by atoms with Gasteiger partial charge in [-0.05, 0) is 55.7 Å². The van der Waals surface area contributed by atoms with Crippen molar-refractivity contribution in [2.75, 3.05) is 17.2 Å². The van der Waals surface area contributed by atoms with E-state index in [9.17, 15) is 14.4 Å². The predicted octanol–water partition coefficient (Wildman–Crippen LogP) is 2.92. The molecule has 156 valence electrons. The summed E-state index contributed by atoms with van der Waals surface area (Å²) in [4.78, 5) is 40.4. The van der Waals surface area contributed by atoms with E-state index >= 15 is 0 Å². The summed E-state index contributed by atoms with van der Waals surface area (Å²) < 4.78 is 0. The number of carbonyl (C=O) groups excluding carboxylic acids is 3. The summed E-state index contributed by atoms with van der Waals surface area (Å²) in [6, 6.07) is 14.1. The van der Waals surface area contributed by atoms with Crippen LogP contribution < -0.4 is 16.0 Å². The van der Waals surface area contributed by atoms with E-state index in [0.717, 1.165) is 18.4 Å². The van der Waals surface area contributed by atoms with Crippen molar-refractivity contribution in [3.8, 4) is 0 Å². The van der Waals surface area contributed by atoms with Crippen LogP contribution in [0.2, 0.25) is 0 Å². The van der Waals surface area contributed by atoms with Crippen molar-refractivity contribution in [2.45, 2.75) is 32.7 Å². The second-order valence-electron chi connectivity index (χ2n) is 7.09. The normalized spacial score (nSPS) is 13.3. The van der Waals surface area contributed by atoms with E-state index in [1.165, 1.54) is 6.92 Å². The Morgan fingerprint density at radius 2 is 1.70 bits per heavy atom. The van der Waals surface area contributed by atoms with Crippen LogP contribution >= 0.6 is 0 Å². The third-order valence-corrected chi connectivity index (χ3v) is 4.34. The van der Waals surface area contributed by atoms with Crippen LogP contribution in [0.25, 0.3) is 0 Å². The number of carbonyl (C=O) groups is 3. The zero-order chi connectivity index (χ0) is 21.5. The van der Waals surface area contributed by atoms with Gasteiger partial charge in [0.2, 0.25) is 5.91 Å². The Morgan fingerprint density at radius 1 is 0.967 bits per heavy atom. The van der Waals surface area contributed by atoms with E-state index in [4.69, 9.17) is 4.84 Å².